The lowest BCUT2D eigenvalue weighted by molar-refractivity contribution is -0.140. The van der Waals surface area contributed by atoms with Gasteiger partial charge in [-0.3, -0.25) is 4.79 Å². The number of likely N-dealkylation sites (N-methyl/N-ethyl adjacent to an activating group) is 1. The number of carbonyl (C=O) groups is 1. The molecule has 0 N–H and O–H groups in total. The molecule has 0 saturated carbocycles. The Morgan fingerprint density at radius 2 is 1.86 bits per heavy atom. The van der Waals surface area contributed by atoms with Crippen LogP contribution in [0.25, 0.3) is 0 Å². The first-order valence-electron chi connectivity index (χ1n) is 5.53. The van der Waals surface area contributed by atoms with Crippen LogP contribution in [0.1, 0.15) is 0 Å². The Morgan fingerprint density at radius 1 is 1.29 bits per heavy atom. The second-order valence-electron chi connectivity index (χ2n) is 4.20. The van der Waals surface area contributed by atoms with Crippen molar-refractivity contribution in [2.75, 3.05) is 27.0 Å². The Morgan fingerprint density at radius 3 is 2.33 bits per heavy atom. The fraction of sp³-hybridized carbons (Fsp3) is 0.364. The highest BCUT2D eigenvalue weighted by atomic mass is 32.2. The van der Waals surface area contributed by atoms with Crippen molar-refractivity contribution in [2.24, 2.45) is 0 Å². The number of hydrogen-bond donors (Lipinski definition) is 0. The maximum Gasteiger partial charge on any atom is 0.321 e. The number of halogens is 1. The first-order chi connectivity index (χ1) is 9.50. The van der Waals surface area contributed by atoms with Crippen molar-refractivity contribution in [1.29, 1.82) is 0 Å². The van der Waals surface area contributed by atoms with E-state index in [0.29, 0.717) is 10.4 Å². The number of hydrogen-bond acceptors (Lipinski definition) is 6. The fourth-order valence-electron chi connectivity index (χ4n) is 1.41. The van der Waals surface area contributed by atoms with Crippen molar-refractivity contribution in [3.05, 3.63) is 24.0 Å². The quantitative estimate of drug-likeness (QED) is 0.554. The Bertz CT molecular complexity index is 757. The lowest BCUT2D eigenvalue weighted by atomic mass is 10.3. The van der Waals surface area contributed by atoms with E-state index in [1.807, 2.05) is 0 Å². The first-order valence-corrected chi connectivity index (χ1v) is 8.86. The van der Waals surface area contributed by atoms with Crippen LogP contribution < -0.4 is 0 Å². The molecule has 0 amide bonds. The van der Waals surface area contributed by atoms with Crippen LogP contribution in [0.15, 0.2) is 28.0 Å². The number of nitrogens with zero attached hydrogens (tertiary/aromatic N) is 1. The van der Waals surface area contributed by atoms with E-state index < -0.39 is 43.1 Å². The van der Waals surface area contributed by atoms with Gasteiger partial charge in [-0.05, 0) is 18.2 Å². The monoisotopic (exact) mass is 339 g/mol. The van der Waals surface area contributed by atoms with Gasteiger partial charge in [0.1, 0.15) is 17.3 Å². The Hall–Kier alpha value is -1.52. The number of sulfonamides is 1. The molecule has 0 aliphatic carbocycles. The summed E-state index contributed by atoms with van der Waals surface area (Å²) in [6.45, 7) is -0.624. The molecule has 21 heavy (non-hydrogen) atoms. The maximum atomic E-state index is 13.7. The molecule has 0 aromatic heterocycles. The summed E-state index contributed by atoms with van der Waals surface area (Å²) in [6.07, 6.45) is 0.870. The number of rotatable bonds is 5. The van der Waals surface area contributed by atoms with Gasteiger partial charge in [-0.15, -0.1) is 0 Å². The molecule has 7 nitrogen and oxygen atoms in total. The number of esters is 1. The van der Waals surface area contributed by atoms with Crippen LogP contribution in [0, 0.1) is 5.82 Å². The van der Waals surface area contributed by atoms with E-state index in [4.69, 9.17) is 0 Å². The van der Waals surface area contributed by atoms with Crippen LogP contribution in [0.2, 0.25) is 0 Å². The van der Waals surface area contributed by atoms with E-state index in [9.17, 15) is 26.0 Å². The van der Waals surface area contributed by atoms with Crippen LogP contribution in [0.3, 0.4) is 0 Å². The topological polar surface area (TPSA) is 97.8 Å². The minimum absolute atomic E-state index is 0.339. The van der Waals surface area contributed by atoms with Crippen molar-refractivity contribution < 1.29 is 30.8 Å². The average Bonchev–Trinajstić information content (AvgIpc) is 2.37. The smallest absolute Gasteiger partial charge is 0.321 e. The molecule has 10 heteroatoms. The molecule has 0 bridgehead atoms. The molecule has 0 heterocycles. The van der Waals surface area contributed by atoms with E-state index >= 15 is 0 Å². The molecule has 1 rings (SSSR count). The summed E-state index contributed by atoms with van der Waals surface area (Å²) in [5.74, 6) is -1.94. The molecule has 1 aromatic rings. The van der Waals surface area contributed by atoms with Gasteiger partial charge in [-0.25, -0.2) is 21.2 Å². The van der Waals surface area contributed by atoms with Crippen LogP contribution in [-0.2, 0) is 29.4 Å². The summed E-state index contributed by atoms with van der Waals surface area (Å²) in [6, 6.07) is 2.42. The molecule has 1 aromatic carbocycles. The molecule has 0 aliphatic rings. The molecule has 0 spiro atoms. The Kier molecular flexibility index (Phi) is 5.07. The highest BCUT2D eigenvalue weighted by molar-refractivity contribution is 7.91. The minimum Gasteiger partial charge on any atom is -0.468 e. The number of sulfone groups is 1. The summed E-state index contributed by atoms with van der Waals surface area (Å²) in [7, 11) is -5.93. The standard InChI is InChI=1S/C11H14FNO6S2/c1-13(7-11(14)19-2)21(17,18)10-6-8(20(3,15)16)4-5-9(10)12/h4-6H,7H2,1-3H3. The van der Waals surface area contributed by atoms with E-state index in [2.05, 4.69) is 4.74 Å². The zero-order valence-electron chi connectivity index (χ0n) is 11.5. The molecule has 0 atom stereocenters. The van der Waals surface area contributed by atoms with Gasteiger partial charge in [0.05, 0.1) is 12.0 Å². The first kappa shape index (κ1) is 17.5. The van der Waals surface area contributed by atoms with Gasteiger partial charge in [-0.2, -0.15) is 4.31 Å². The molecular formula is C11H14FNO6S2. The summed E-state index contributed by atoms with van der Waals surface area (Å²) in [4.78, 5) is 9.93. The van der Waals surface area contributed by atoms with Gasteiger partial charge < -0.3 is 4.74 Å². The van der Waals surface area contributed by atoms with Crippen LogP contribution >= 0.6 is 0 Å². The molecule has 0 unspecified atom stereocenters. The molecule has 118 valence electrons. The van der Waals surface area contributed by atoms with Crippen LogP contribution in [0.4, 0.5) is 4.39 Å². The lowest BCUT2D eigenvalue weighted by Crippen LogP contribution is -2.33. The van der Waals surface area contributed by atoms with E-state index in [-0.39, 0.29) is 4.90 Å². The van der Waals surface area contributed by atoms with Crippen LogP contribution in [0.5, 0.6) is 0 Å². The highest BCUT2D eigenvalue weighted by Gasteiger charge is 2.27. The number of methoxy groups -OCH3 is 1. The second-order valence-corrected chi connectivity index (χ2v) is 8.23. The van der Waals surface area contributed by atoms with E-state index in [0.717, 1.165) is 32.5 Å². The molecule has 0 fully saturated rings. The minimum atomic E-state index is -4.36. The van der Waals surface area contributed by atoms with Gasteiger partial charge in [0.2, 0.25) is 10.0 Å². The van der Waals surface area contributed by atoms with Gasteiger partial charge in [0, 0.05) is 13.3 Å². The Balaban J connectivity index is 3.34. The van der Waals surface area contributed by atoms with Gasteiger partial charge >= 0.3 is 5.97 Å². The van der Waals surface area contributed by atoms with Crippen molar-refractivity contribution >= 4 is 25.8 Å². The largest absolute Gasteiger partial charge is 0.468 e. The average molecular weight is 339 g/mol. The number of ether oxygens (including phenoxy) is 1. The molecule has 0 radical (unpaired) electrons. The van der Waals surface area contributed by atoms with Crippen LogP contribution in [-0.4, -0.2) is 54.1 Å². The van der Waals surface area contributed by atoms with Crippen molar-refractivity contribution in [2.45, 2.75) is 9.79 Å². The molecular weight excluding hydrogens is 325 g/mol. The fourth-order valence-corrected chi connectivity index (χ4v) is 3.33. The van der Waals surface area contributed by atoms with E-state index in [1.54, 1.807) is 0 Å². The molecule has 0 saturated heterocycles. The maximum absolute atomic E-state index is 13.7. The lowest BCUT2D eigenvalue weighted by Gasteiger charge is -2.16. The van der Waals surface area contributed by atoms with Crippen molar-refractivity contribution in [3.63, 3.8) is 0 Å². The van der Waals surface area contributed by atoms with E-state index in [1.165, 1.54) is 0 Å². The SMILES string of the molecule is COC(=O)CN(C)S(=O)(=O)c1cc(S(C)(=O)=O)ccc1F. The predicted molar refractivity (Wildman–Crippen MR) is 71.3 cm³/mol. The highest BCUT2D eigenvalue weighted by Crippen LogP contribution is 2.22. The normalized spacial score (nSPS) is 12.4. The number of benzene rings is 1. The van der Waals surface area contributed by atoms with Crippen molar-refractivity contribution in [3.8, 4) is 0 Å². The zero-order valence-corrected chi connectivity index (χ0v) is 13.2. The van der Waals surface area contributed by atoms with Crippen molar-refractivity contribution in [1.82, 2.24) is 4.31 Å². The second kappa shape index (κ2) is 6.08. The zero-order chi connectivity index (χ0) is 16.4. The third kappa shape index (κ3) is 3.99. The number of carbonyl (C=O) groups excluding carboxylic acids is 1. The summed E-state index contributed by atoms with van der Waals surface area (Å²) < 4.78 is 65.8. The Labute approximate surface area is 122 Å². The summed E-state index contributed by atoms with van der Waals surface area (Å²) in [5, 5.41) is 0. The van der Waals surface area contributed by atoms with Gasteiger partial charge in [0.25, 0.3) is 0 Å². The third-order valence-electron chi connectivity index (χ3n) is 2.60. The summed E-state index contributed by atoms with van der Waals surface area (Å²) >= 11 is 0. The summed E-state index contributed by atoms with van der Waals surface area (Å²) in [5.41, 5.74) is 0. The van der Waals surface area contributed by atoms with Gasteiger partial charge in [0.15, 0.2) is 9.84 Å². The molecule has 0 aliphatic heterocycles. The predicted octanol–water partition coefficient (Wildman–Crippen LogP) is 0.0227. The van der Waals surface area contributed by atoms with Gasteiger partial charge in [-0.1, -0.05) is 0 Å². The third-order valence-corrected chi connectivity index (χ3v) is 5.53.